The molecule has 0 radical (unpaired) electrons. The van der Waals surface area contributed by atoms with E-state index in [-0.39, 0.29) is 5.60 Å². The highest BCUT2D eigenvalue weighted by Crippen LogP contribution is 2.29. The van der Waals surface area contributed by atoms with E-state index in [2.05, 4.69) is 34.9 Å². The van der Waals surface area contributed by atoms with Crippen molar-refractivity contribution in [1.29, 1.82) is 0 Å². The number of aromatic nitrogens is 2. The van der Waals surface area contributed by atoms with Gasteiger partial charge in [0.1, 0.15) is 0 Å². The third-order valence-corrected chi connectivity index (χ3v) is 4.39. The van der Waals surface area contributed by atoms with Crippen LogP contribution in [0.4, 0.5) is 5.95 Å². The van der Waals surface area contributed by atoms with Crippen LogP contribution in [0.15, 0.2) is 6.20 Å². The minimum atomic E-state index is -0.0146. The number of imidazole rings is 1. The summed E-state index contributed by atoms with van der Waals surface area (Å²) in [6, 6.07) is 0.609. The molecule has 2 heterocycles. The zero-order valence-electron chi connectivity index (χ0n) is 12.1. The van der Waals surface area contributed by atoms with Crippen LogP contribution in [-0.2, 0) is 11.3 Å². The van der Waals surface area contributed by atoms with Gasteiger partial charge in [0.25, 0.3) is 0 Å². The molecule has 4 nitrogen and oxygen atoms in total. The second-order valence-electron chi connectivity index (χ2n) is 6.36. The monoisotopic (exact) mass is 263 g/mol. The van der Waals surface area contributed by atoms with E-state index in [0.717, 1.165) is 31.2 Å². The van der Waals surface area contributed by atoms with Crippen molar-refractivity contribution in [3.8, 4) is 0 Å². The Bertz CT molecular complexity index is 429. The van der Waals surface area contributed by atoms with Gasteiger partial charge in [-0.2, -0.15) is 0 Å². The molecule has 1 saturated heterocycles. The maximum absolute atomic E-state index is 5.90. The summed E-state index contributed by atoms with van der Waals surface area (Å²) in [6.45, 7) is 6.08. The van der Waals surface area contributed by atoms with Gasteiger partial charge in [-0.1, -0.05) is 12.8 Å². The molecular weight excluding hydrogens is 238 g/mol. The molecule has 1 aromatic rings. The average molecular weight is 263 g/mol. The zero-order valence-corrected chi connectivity index (χ0v) is 12.1. The van der Waals surface area contributed by atoms with Gasteiger partial charge in [-0.25, -0.2) is 4.98 Å². The van der Waals surface area contributed by atoms with Gasteiger partial charge in [0.15, 0.2) is 0 Å². The fraction of sp³-hybridized carbons (Fsp3) is 0.800. The van der Waals surface area contributed by atoms with E-state index in [9.17, 15) is 0 Å². The molecule has 3 rings (SSSR count). The molecule has 2 aliphatic rings. The third-order valence-electron chi connectivity index (χ3n) is 4.39. The van der Waals surface area contributed by atoms with E-state index in [4.69, 9.17) is 4.74 Å². The Morgan fingerprint density at radius 1 is 1.42 bits per heavy atom. The number of ether oxygens (including phenoxy) is 1. The largest absolute Gasteiger partial charge is 0.373 e. The first-order valence-electron chi connectivity index (χ1n) is 7.59. The summed E-state index contributed by atoms with van der Waals surface area (Å²) < 4.78 is 8.15. The smallest absolute Gasteiger partial charge is 0.203 e. The van der Waals surface area contributed by atoms with Crippen molar-refractivity contribution < 1.29 is 4.74 Å². The number of nitrogens with one attached hydrogen (secondary N) is 1. The van der Waals surface area contributed by atoms with Crippen molar-refractivity contribution >= 4 is 5.95 Å². The lowest BCUT2D eigenvalue weighted by Crippen LogP contribution is -2.30. The predicted molar refractivity (Wildman–Crippen MR) is 76.4 cm³/mol. The van der Waals surface area contributed by atoms with Crippen molar-refractivity contribution in [2.45, 2.75) is 70.6 Å². The lowest BCUT2D eigenvalue weighted by atomic mass is 10.0. The fourth-order valence-corrected chi connectivity index (χ4v) is 3.36. The first kappa shape index (κ1) is 13.0. The third kappa shape index (κ3) is 2.94. The van der Waals surface area contributed by atoms with Gasteiger partial charge in [0.2, 0.25) is 5.95 Å². The van der Waals surface area contributed by atoms with Crippen molar-refractivity contribution in [3.63, 3.8) is 0 Å². The molecule has 0 amide bonds. The van der Waals surface area contributed by atoms with Crippen LogP contribution in [0.3, 0.4) is 0 Å². The van der Waals surface area contributed by atoms with Crippen LogP contribution in [0.5, 0.6) is 0 Å². The normalized spacial score (nSPS) is 28.1. The highest BCUT2D eigenvalue weighted by Gasteiger charge is 2.31. The summed E-state index contributed by atoms with van der Waals surface area (Å²) in [5.74, 6) is 1.03. The van der Waals surface area contributed by atoms with Crippen LogP contribution in [0.2, 0.25) is 0 Å². The molecule has 1 atom stereocenters. The Morgan fingerprint density at radius 2 is 2.21 bits per heavy atom. The molecule has 1 saturated carbocycles. The Kier molecular flexibility index (Phi) is 3.52. The first-order chi connectivity index (χ1) is 9.15. The van der Waals surface area contributed by atoms with Crippen molar-refractivity contribution in [3.05, 3.63) is 11.9 Å². The van der Waals surface area contributed by atoms with Crippen LogP contribution < -0.4 is 5.32 Å². The number of hydrogen-bond donors (Lipinski definition) is 1. The summed E-state index contributed by atoms with van der Waals surface area (Å²) in [5.41, 5.74) is 1.07. The molecule has 1 aliphatic carbocycles. The maximum atomic E-state index is 5.90. The SMILES string of the molecule is Cc1cn(CC2(C)CCCO2)c(NC2CCCC2)n1. The van der Waals surface area contributed by atoms with Crippen molar-refractivity contribution in [1.82, 2.24) is 9.55 Å². The first-order valence-corrected chi connectivity index (χ1v) is 7.59. The van der Waals surface area contributed by atoms with E-state index in [1.165, 1.54) is 32.1 Å². The Labute approximate surface area is 115 Å². The summed E-state index contributed by atoms with van der Waals surface area (Å²) in [7, 11) is 0. The number of hydrogen-bond acceptors (Lipinski definition) is 3. The molecule has 1 aromatic heterocycles. The number of nitrogens with zero attached hydrogens (tertiary/aromatic N) is 2. The van der Waals surface area contributed by atoms with Gasteiger partial charge in [-0.3, -0.25) is 0 Å². The van der Waals surface area contributed by atoms with Crippen molar-refractivity contribution in [2.75, 3.05) is 11.9 Å². The molecule has 1 unspecified atom stereocenters. The number of aryl methyl sites for hydroxylation is 1. The molecule has 2 fully saturated rings. The zero-order chi connectivity index (χ0) is 13.3. The van der Waals surface area contributed by atoms with Gasteiger partial charge in [-0.15, -0.1) is 0 Å². The molecule has 0 bridgehead atoms. The number of rotatable bonds is 4. The second-order valence-corrected chi connectivity index (χ2v) is 6.36. The highest BCUT2D eigenvalue weighted by molar-refractivity contribution is 5.31. The maximum Gasteiger partial charge on any atom is 0.203 e. The van der Waals surface area contributed by atoms with E-state index < -0.39 is 0 Å². The second kappa shape index (κ2) is 5.16. The molecular formula is C15H25N3O. The van der Waals surface area contributed by atoms with E-state index in [1.54, 1.807) is 0 Å². The summed E-state index contributed by atoms with van der Waals surface area (Å²) in [5, 5.41) is 3.62. The van der Waals surface area contributed by atoms with Gasteiger partial charge in [0, 0.05) is 18.8 Å². The molecule has 1 aliphatic heterocycles. The van der Waals surface area contributed by atoms with E-state index in [1.807, 2.05) is 0 Å². The Morgan fingerprint density at radius 3 is 2.89 bits per heavy atom. The molecule has 4 heteroatoms. The Balaban J connectivity index is 1.72. The number of anilines is 1. The van der Waals surface area contributed by atoms with Crippen LogP contribution >= 0.6 is 0 Å². The Hall–Kier alpha value is -1.03. The summed E-state index contributed by atoms with van der Waals surface area (Å²) >= 11 is 0. The molecule has 0 aromatic carbocycles. The van der Waals surface area contributed by atoms with Gasteiger partial charge in [-0.05, 0) is 39.5 Å². The van der Waals surface area contributed by atoms with Crippen molar-refractivity contribution in [2.24, 2.45) is 0 Å². The highest BCUT2D eigenvalue weighted by atomic mass is 16.5. The van der Waals surface area contributed by atoms with E-state index in [0.29, 0.717) is 6.04 Å². The molecule has 106 valence electrons. The van der Waals surface area contributed by atoms with E-state index >= 15 is 0 Å². The van der Waals surface area contributed by atoms with Gasteiger partial charge >= 0.3 is 0 Å². The molecule has 19 heavy (non-hydrogen) atoms. The fourth-order valence-electron chi connectivity index (χ4n) is 3.36. The summed E-state index contributed by atoms with van der Waals surface area (Å²) in [6.07, 6.45) is 9.71. The van der Waals surface area contributed by atoms with Crippen LogP contribution in [-0.4, -0.2) is 27.8 Å². The van der Waals surface area contributed by atoms with Gasteiger partial charge < -0.3 is 14.6 Å². The average Bonchev–Trinajstić information content (AvgIpc) is 3.05. The molecule has 1 N–H and O–H groups in total. The predicted octanol–water partition coefficient (Wildman–Crippen LogP) is 3.12. The summed E-state index contributed by atoms with van der Waals surface area (Å²) in [4.78, 5) is 4.64. The topological polar surface area (TPSA) is 39.1 Å². The minimum absolute atomic E-state index is 0.0146. The lowest BCUT2D eigenvalue weighted by Gasteiger charge is -2.25. The van der Waals surface area contributed by atoms with Gasteiger partial charge in [0.05, 0.1) is 17.8 Å². The minimum Gasteiger partial charge on any atom is -0.373 e. The quantitative estimate of drug-likeness (QED) is 0.907. The van der Waals surface area contributed by atoms with Crippen LogP contribution in [0.1, 0.15) is 51.1 Å². The van der Waals surface area contributed by atoms with Crippen LogP contribution in [0.25, 0.3) is 0 Å². The molecule has 0 spiro atoms. The standard InChI is InChI=1S/C15H25N3O/c1-12-10-18(11-15(2)8-5-9-19-15)14(16-12)17-13-6-3-4-7-13/h10,13H,3-9,11H2,1-2H3,(H,16,17). The van der Waals surface area contributed by atoms with Crippen LogP contribution in [0, 0.1) is 6.92 Å². The lowest BCUT2D eigenvalue weighted by molar-refractivity contribution is 0.00661.